The number of esters is 2. The van der Waals surface area contributed by atoms with Crippen molar-refractivity contribution >= 4 is 11.9 Å². The Balaban J connectivity index is 3.89. The molecule has 4 nitrogen and oxygen atoms in total. The quantitative estimate of drug-likeness (QED) is 0.129. The Kier molecular flexibility index (Phi) is 17.6. The molecule has 0 aromatic heterocycles. The third kappa shape index (κ3) is 20.1. The Morgan fingerprint density at radius 2 is 1.53 bits per heavy atom. The van der Waals surface area contributed by atoms with Crippen LogP contribution in [0.25, 0.3) is 0 Å². The molecular weight excluding hydrogens is 400 g/mol. The standard InChI is InChI=1S/C28H48O4/c1-22(2)11-8-13-24(5)15-10-16-26(7)21-32-28(30)18-17-27(29)31-20-19-25(6)14-9-12-23(3)4/h9,11-12,21,23-25H,8,10,13-20H2,1-7H3/b12-9+,26-21+. The fourth-order valence-corrected chi connectivity index (χ4v) is 3.17. The van der Waals surface area contributed by atoms with E-state index in [4.69, 9.17) is 9.47 Å². The van der Waals surface area contributed by atoms with E-state index in [-0.39, 0.29) is 24.8 Å². The highest BCUT2D eigenvalue weighted by Gasteiger charge is 2.10. The van der Waals surface area contributed by atoms with Crippen molar-refractivity contribution in [3.63, 3.8) is 0 Å². The number of rotatable bonds is 17. The fourth-order valence-electron chi connectivity index (χ4n) is 3.17. The number of allylic oxidation sites excluding steroid dienone is 5. The summed E-state index contributed by atoms with van der Waals surface area (Å²) in [7, 11) is 0. The van der Waals surface area contributed by atoms with Crippen LogP contribution in [-0.2, 0) is 19.1 Å². The topological polar surface area (TPSA) is 52.6 Å². The molecule has 0 saturated heterocycles. The molecule has 0 aliphatic heterocycles. The molecular formula is C28H48O4. The second kappa shape index (κ2) is 18.7. The first-order valence-electron chi connectivity index (χ1n) is 12.4. The van der Waals surface area contributed by atoms with Gasteiger partial charge >= 0.3 is 11.9 Å². The lowest BCUT2D eigenvalue weighted by molar-refractivity contribution is -0.148. The molecule has 0 rings (SSSR count). The molecule has 0 spiro atoms. The highest BCUT2D eigenvalue weighted by molar-refractivity contribution is 5.77. The van der Waals surface area contributed by atoms with Gasteiger partial charge in [-0.25, -0.2) is 0 Å². The molecule has 0 aromatic rings. The summed E-state index contributed by atoms with van der Waals surface area (Å²) in [6, 6.07) is 0. The molecule has 0 amide bonds. The Bertz CT molecular complexity index is 609. The molecule has 0 bridgehead atoms. The molecule has 2 unspecified atom stereocenters. The van der Waals surface area contributed by atoms with Crippen molar-refractivity contribution in [2.45, 2.75) is 106 Å². The minimum atomic E-state index is -0.386. The van der Waals surface area contributed by atoms with E-state index in [1.807, 2.05) is 6.92 Å². The molecule has 0 N–H and O–H groups in total. The summed E-state index contributed by atoms with van der Waals surface area (Å²) in [6.07, 6.45) is 15.7. The van der Waals surface area contributed by atoms with Gasteiger partial charge in [0.25, 0.3) is 0 Å². The van der Waals surface area contributed by atoms with E-state index in [1.165, 1.54) is 24.7 Å². The fraction of sp³-hybridized carbons (Fsp3) is 0.714. The maximum atomic E-state index is 11.9. The molecule has 0 radical (unpaired) electrons. The maximum absolute atomic E-state index is 11.9. The first-order valence-corrected chi connectivity index (χ1v) is 12.4. The predicted molar refractivity (Wildman–Crippen MR) is 134 cm³/mol. The Morgan fingerprint density at radius 3 is 2.19 bits per heavy atom. The van der Waals surface area contributed by atoms with Gasteiger partial charge < -0.3 is 9.47 Å². The van der Waals surface area contributed by atoms with Gasteiger partial charge in [0.2, 0.25) is 0 Å². The molecule has 0 aliphatic carbocycles. The number of hydrogen-bond donors (Lipinski definition) is 0. The zero-order chi connectivity index (χ0) is 24.4. The van der Waals surface area contributed by atoms with E-state index in [0.29, 0.717) is 24.4 Å². The molecule has 0 aromatic carbocycles. The zero-order valence-electron chi connectivity index (χ0n) is 21.7. The van der Waals surface area contributed by atoms with Gasteiger partial charge in [0.15, 0.2) is 0 Å². The number of hydrogen-bond acceptors (Lipinski definition) is 4. The molecule has 4 heteroatoms. The van der Waals surface area contributed by atoms with E-state index >= 15 is 0 Å². The van der Waals surface area contributed by atoms with Crippen molar-refractivity contribution in [2.24, 2.45) is 17.8 Å². The van der Waals surface area contributed by atoms with Gasteiger partial charge in [0, 0.05) is 0 Å². The van der Waals surface area contributed by atoms with E-state index < -0.39 is 0 Å². The first kappa shape index (κ1) is 30.2. The van der Waals surface area contributed by atoms with Crippen LogP contribution in [0.2, 0.25) is 0 Å². The third-order valence-electron chi connectivity index (χ3n) is 5.34. The van der Waals surface area contributed by atoms with Gasteiger partial charge in [0.05, 0.1) is 25.7 Å². The van der Waals surface area contributed by atoms with Crippen LogP contribution in [0.5, 0.6) is 0 Å². The summed E-state index contributed by atoms with van der Waals surface area (Å²) >= 11 is 0. The largest absolute Gasteiger partial charge is 0.466 e. The van der Waals surface area contributed by atoms with Crippen molar-refractivity contribution in [1.82, 2.24) is 0 Å². The minimum absolute atomic E-state index is 0.0523. The second-order valence-electron chi connectivity index (χ2n) is 9.83. The maximum Gasteiger partial charge on any atom is 0.311 e. The molecule has 0 fully saturated rings. The number of ether oxygens (including phenoxy) is 2. The van der Waals surface area contributed by atoms with Crippen LogP contribution in [0.4, 0.5) is 0 Å². The third-order valence-corrected chi connectivity index (χ3v) is 5.34. The monoisotopic (exact) mass is 448 g/mol. The Hall–Kier alpha value is -1.84. The number of carbonyl (C=O) groups is 2. The molecule has 0 heterocycles. The van der Waals surface area contributed by atoms with Gasteiger partial charge in [0.1, 0.15) is 0 Å². The highest BCUT2D eigenvalue weighted by Crippen LogP contribution is 2.17. The summed E-state index contributed by atoms with van der Waals surface area (Å²) in [5, 5.41) is 0. The van der Waals surface area contributed by atoms with Crippen LogP contribution >= 0.6 is 0 Å². The molecule has 0 aliphatic rings. The van der Waals surface area contributed by atoms with Crippen LogP contribution in [0.15, 0.2) is 35.6 Å². The van der Waals surface area contributed by atoms with E-state index in [1.54, 1.807) is 0 Å². The van der Waals surface area contributed by atoms with Crippen LogP contribution in [-0.4, -0.2) is 18.5 Å². The van der Waals surface area contributed by atoms with Crippen molar-refractivity contribution in [3.05, 3.63) is 35.6 Å². The van der Waals surface area contributed by atoms with Crippen LogP contribution in [0.1, 0.15) is 106 Å². The van der Waals surface area contributed by atoms with Crippen molar-refractivity contribution in [3.8, 4) is 0 Å². The van der Waals surface area contributed by atoms with Crippen LogP contribution < -0.4 is 0 Å². The smallest absolute Gasteiger partial charge is 0.311 e. The lowest BCUT2D eigenvalue weighted by atomic mass is 9.97. The second-order valence-corrected chi connectivity index (χ2v) is 9.83. The van der Waals surface area contributed by atoms with Gasteiger partial charge in [-0.3, -0.25) is 9.59 Å². The Morgan fingerprint density at radius 1 is 0.844 bits per heavy atom. The zero-order valence-corrected chi connectivity index (χ0v) is 21.7. The lowest BCUT2D eigenvalue weighted by Gasteiger charge is -2.10. The summed E-state index contributed by atoms with van der Waals surface area (Å²) in [4.78, 5) is 23.7. The molecule has 0 saturated carbocycles. The van der Waals surface area contributed by atoms with Gasteiger partial charge in [-0.2, -0.15) is 0 Å². The summed E-state index contributed by atoms with van der Waals surface area (Å²) in [5.41, 5.74) is 2.43. The van der Waals surface area contributed by atoms with Crippen LogP contribution in [0.3, 0.4) is 0 Å². The van der Waals surface area contributed by atoms with Gasteiger partial charge in [-0.15, -0.1) is 0 Å². The summed E-state index contributed by atoms with van der Waals surface area (Å²) in [5.74, 6) is 1.01. The van der Waals surface area contributed by atoms with Crippen molar-refractivity contribution in [2.75, 3.05) is 6.61 Å². The molecule has 32 heavy (non-hydrogen) atoms. The average molecular weight is 449 g/mol. The van der Waals surface area contributed by atoms with E-state index in [2.05, 4.69) is 59.8 Å². The highest BCUT2D eigenvalue weighted by atomic mass is 16.5. The summed E-state index contributed by atoms with van der Waals surface area (Å²) in [6.45, 7) is 15.4. The van der Waals surface area contributed by atoms with E-state index in [0.717, 1.165) is 37.7 Å². The van der Waals surface area contributed by atoms with Gasteiger partial charge in [-0.1, -0.05) is 57.9 Å². The number of carbonyl (C=O) groups excluding carboxylic acids is 2. The predicted octanol–water partition coefficient (Wildman–Crippen LogP) is 7.94. The van der Waals surface area contributed by atoms with Crippen molar-refractivity contribution in [1.29, 1.82) is 0 Å². The lowest BCUT2D eigenvalue weighted by Crippen LogP contribution is -2.11. The normalized spacial score (nSPS) is 13.8. The SMILES string of the molecule is CC(C)=CCCC(C)CCC/C(C)=C/OC(=O)CCC(=O)OCCC(C)C/C=C/C(C)C. The van der Waals surface area contributed by atoms with E-state index in [9.17, 15) is 9.59 Å². The van der Waals surface area contributed by atoms with Crippen molar-refractivity contribution < 1.29 is 19.1 Å². The minimum Gasteiger partial charge on any atom is -0.466 e. The average Bonchev–Trinajstić information content (AvgIpc) is 2.70. The molecule has 184 valence electrons. The molecule has 2 atom stereocenters. The Labute approximate surface area is 197 Å². The summed E-state index contributed by atoms with van der Waals surface area (Å²) < 4.78 is 10.4. The van der Waals surface area contributed by atoms with Gasteiger partial charge in [-0.05, 0) is 82.6 Å². The van der Waals surface area contributed by atoms with Crippen LogP contribution in [0, 0.1) is 17.8 Å². The first-order chi connectivity index (χ1) is 15.1.